The number of carbonyl (C=O) groups is 1. The number of carboxylic acids is 1. The molecule has 0 bridgehead atoms. The summed E-state index contributed by atoms with van der Waals surface area (Å²) in [6.45, 7) is 5.54. The fourth-order valence-corrected chi connectivity index (χ4v) is 2.25. The standard InChI is InChI=1S/C17H26O4/c1-4-6-7-13(5-2)11-21-12-14-8-9-16(20-3)15(10-14)17(18)19/h8-10,13H,4-7,11-12H2,1-3H3,(H,18,19). The predicted molar refractivity (Wildman–Crippen MR) is 82.9 cm³/mol. The molecule has 4 nitrogen and oxygen atoms in total. The van der Waals surface area contributed by atoms with Crippen molar-refractivity contribution in [1.82, 2.24) is 0 Å². The molecule has 0 amide bonds. The Morgan fingerprint density at radius 3 is 2.67 bits per heavy atom. The van der Waals surface area contributed by atoms with Gasteiger partial charge in [-0.15, -0.1) is 0 Å². The van der Waals surface area contributed by atoms with Crippen LogP contribution in [0.2, 0.25) is 0 Å². The lowest BCUT2D eigenvalue weighted by Crippen LogP contribution is -2.09. The van der Waals surface area contributed by atoms with Gasteiger partial charge in [0.05, 0.1) is 13.7 Å². The Labute approximate surface area is 127 Å². The van der Waals surface area contributed by atoms with Gasteiger partial charge in [0.15, 0.2) is 0 Å². The summed E-state index contributed by atoms with van der Waals surface area (Å²) < 4.78 is 10.8. The molecule has 0 saturated heterocycles. The van der Waals surface area contributed by atoms with Crippen molar-refractivity contribution in [3.05, 3.63) is 29.3 Å². The Bertz CT molecular complexity index is 442. The molecule has 1 atom stereocenters. The van der Waals surface area contributed by atoms with Crippen LogP contribution in [0.3, 0.4) is 0 Å². The quantitative estimate of drug-likeness (QED) is 0.705. The lowest BCUT2D eigenvalue weighted by molar-refractivity contribution is 0.0691. The van der Waals surface area contributed by atoms with Crippen molar-refractivity contribution in [1.29, 1.82) is 0 Å². The number of hydrogen-bond donors (Lipinski definition) is 1. The second-order valence-electron chi connectivity index (χ2n) is 5.27. The highest BCUT2D eigenvalue weighted by atomic mass is 16.5. The van der Waals surface area contributed by atoms with E-state index in [-0.39, 0.29) is 5.56 Å². The maximum atomic E-state index is 11.2. The van der Waals surface area contributed by atoms with Crippen molar-refractivity contribution in [2.75, 3.05) is 13.7 Å². The van der Waals surface area contributed by atoms with Gasteiger partial charge in [-0.05, 0) is 30.0 Å². The van der Waals surface area contributed by atoms with E-state index in [1.807, 2.05) is 6.07 Å². The Hall–Kier alpha value is -1.55. The van der Waals surface area contributed by atoms with Crippen LogP contribution in [0.25, 0.3) is 0 Å². The third-order valence-corrected chi connectivity index (χ3v) is 3.66. The van der Waals surface area contributed by atoms with E-state index in [0.717, 1.165) is 18.6 Å². The first-order valence-electron chi connectivity index (χ1n) is 7.60. The molecular formula is C17H26O4. The Morgan fingerprint density at radius 1 is 1.33 bits per heavy atom. The van der Waals surface area contributed by atoms with Crippen LogP contribution in [0.15, 0.2) is 18.2 Å². The first kappa shape index (κ1) is 17.5. The summed E-state index contributed by atoms with van der Waals surface area (Å²) in [5.74, 6) is -0.0224. The second kappa shape index (κ2) is 9.40. The Kier molecular flexibility index (Phi) is 7.83. The van der Waals surface area contributed by atoms with E-state index < -0.39 is 5.97 Å². The van der Waals surface area contributed by atoms with Crippen LogP contribution in [-0.4, -0.2) is 24.8 Å². The zero-order chi connectivity index (χ0) is 15.7. The van der Waals surface area contributed by atoms with Gasteiger partial charge in [0.25, 0.3) is 0 Å². The van der Waals surface area contributed by atoms with E-state index in [1.165, 1.54) is 26.4 Å². The average Bonchev–Trinajstić information content (AvgIpc) is 2.50. The summed E-state index contributed by atoms with van der Waals surface area (Å²) in [6.07, 6.45) is 4.74. The number of benzene rings is 1. The van der Waals surface area contributed by atoms with Crippen LogP contribution in [-0.2, 0) is 11.3 Å². The summed E-state index contributed by atoms with van der Waals surface area (Å²) >= 11 is 0. The summed E-state index contributed by atoms with van der Waals surface area (Å²) in [7, 11) is 1.47. The van der Waals surface area contributed by atoms with E-state index in [0.29, 0.717) is 18.3 Å². The minimum Gasteiger partial charge on any atom is -0.496 e. The van der Waals surface area contributed by atoms with Crippen molar-refractivity contribution in [3.63, 3.8) is 0 Å². The molecule has 0 aliphatic heterocycles. The molecule has 1 aromatic rings. The molecule has 0 radical (unpaired) electrons. The molecule has 0 saturated carbocycles. The van der Waals surface area contributed by atoms with E-state index in [2.05, 4.69) is 13.8 Å². The second-order valence-corrected chi connectivity index (χ2v) is 5.27. The molecule has 118 valence electrons. The number of carboxylic acid groups (broad SMARTS) is 1. The van der Waals surface area contributed by atoms with Gasteiger partial charge >= 0.3 is 5.97 Å². The molecule has 1 aromatic carbocycles. The number of rotatable bonds is 10. The van der Waals surface area contributed by atoms with Gasteiger partial charge in [0, 0.05) is 6.61 Å². The van der Waals surface area contributed by atoms with Gasteiger partial charge in [-0.25, -0.2) is 4.79 Å². The molecule has 4 heteroatoms. The number of aromatic carboxylic acids is 1. The largest absolute Gasteiger partial charge is 0.496 e. The normalized spacial score (nSPS) is 12.1. The van der Waals surface area contributed by atoms with E-state index >= 15 is 0 Å². The minimum absolute atomic E-state index is 0.177. The van der Waals surface area contributed by atoms with Crippen LogP contribution < -0.4 is 4.74 Å². The zero-order valence-electron chi connectivity index (χ0n) is 13.2. The van der Waals surface area contributed by atoms with Crippen molar-refractivity contribution in [3.8, 4) is 5.75 Å². The van der Waals surface area contributed by atoms with Gasteiger partial charge in [-0.2, -0.15) is 0 Å². The Morgan fingerprint density at radius 2 is 2.10 bits per heavy atom. The third-order valence-electron chi connectivity index (χ3n) is 3.66. The van der Waals surface area contributed by atoms with Gasteiger partial charge in [-0.3, -0.25) is 0 Å². The first-order valence-corrected chi connectivity index (χ1v) is 7.60. The molecule has 21 heavy (non-hydrogen) atoms. The van der Waals surface area contributed by atoms with Crippen LogP contribution >= 0.6 is 0 Å². The zero-order valence-corrected chi connectivity index (χ0v) is 13.2. The molecule has 0 aliphatic carbocycles. The maximum absolute atomic E-state index is 11.2. The summed E-state index contributed by atoms with van der Waals surface area (Å²) in [5, 5.41) is 9.15. The summed E-state index contributed by atoms with van der Waals surface area (Å²) in [5.41, 5.74) is 1.04. The van der Waals surface area contributed by atoms with Gasteiger partial charge < -0.3 is 14.6 Å². The van der Waals surface area contributed by atoms with Crippen LogP contribution in [0, 0.1) is 5.92 Å². The molecule has 1 rings (SSSR count). The number of unbranched alkanes of at least 4 members (excludes halogenated alkanes) is 1. The van der Waals surface area contributed by atoms with E-state index in [9.17, 15) is 4.79 Å². The van der Waals surface area contributed by atoms with Crippen molar-refractivity contribution in [2.24, 2.45) is 5.92 Å². The molecule has 0 fully saturated rings. The third kappa shape index (κ3) is 5.76. The molecule has 1 N–H and O–H groups in total. The van der Waals surface area contributed by atoms with E-state index in [1.54, 1.807) is 12.1 Å². The predicted octanol–water partition coefficient (Wildman–Crippen LogP) is 4.13. The summed E-state index contributed by atoms with van der Waals surface area (Å²) in [6, 6.07) is 5.14. The number of methoxy groups -OCH3 is 1. The summed E-state index contributed by atoms with van der Waals surface area (Å²) in [4.78, 5) is 11.2. The smallest absolute Gasteiger partial charge is 0.339 e. The maximum Gasteiger partial charge on any atom is 0.339 e. The minimum atomic E-state index is -0.983. The van der Waals surface area contributed by atoms with Crippen LogP contribution in [0.4, 0.5) is 0 Å². The molecule has 0 aliphatic rings. The molecular weight excluding hydrogens is 268 g/mol. The highest BCUT2D eigenvalue weighted by Gasteiger charge is 2.12. The first-order chi connectivity index (χ1) is 10.1. The number of ether oxygens (including phenoxy) is 2. The van der Waals surface area contributed by atoms with Crippen molar-refractivity contribution < 1.29 is 19.4 Å². The number of hydrogen-bond acceptors (Lipinski definition) is 3. The van der Waals surface area contributed by atoms with Gasteiger partial charge in [0.1, 0.15) is 11.3 Å². The monoisotopic (exact) mass is 294 g/mol. The van der Waals surface area contributed by atoms with E-state index in [4.69, 9.17) is 14.6 Å². The van der Waals surface area contributed by atoms with Crippen LogP contribution in [0.1, 0.15) is 55.5 Å². The van der Waals surface area contributed by atoms with Crippen molar-refractivity contribution >= 4 is 5.97 Å². The Balaban J connectivity index is 2.55. The molecule has 1 unspecified atom stereocenters. The van der Waals surface area contributed by atoms with Gasteiger partial charge in [-0.1, -0.05) is 39.2 Å². The molecule has 0 aromatic heterocycles. The molecule has 0 spiro atoms. The SMILES string of the molecule is CCCCC(CC)COCc1ccc(OC)c(C(=O)O)c1. The van der Waals surface area contributed by atoms with Crippen LogP contribution in [0.5, 0.6) is 5.75 Å². The fourth-order valence-electron chi connectivity index (χ4n) is 2.25. The lowest BCUT2D eigenvalue weighted by Gasteiger charge is -2.15. The van der Waals surface area contributed by atoms with Crippen molar-refractivity contribution in [2.45, 2.75) is 46.1 Å². The molecule has 0 heterocycles. The topological polar surface area (TPSA) is 55.8 Å². The average molecular weight is 294 g/mol. The lowest BCUT2D eigenvalue weighted by atomic mass is 10.0. The fraction of sp³-hybridized carbons (Fsp3) is 0.588. The highest BCUT2D eigenvalue weighted by molar-refractivity contribution is 5.91. The van der Waals surface area contributed by atoms with Gasteiger partial charge in [0.2, 0.25) is 0 Å². The highest BCUT2D eigenvalue weighted by Crippen LogP contribution is 2.21.